The second-order valence-corrected chi connectivity index (χ2v) is 11.8. The first kappa shape index (κ1) is 22.6. The highest BCUT2D eigenvalue weighted by molar-refractivity contribution is 7.89. The number of anilines is 1. The van der Waals surface area contributed by atoms with Crippen LogP contribution in [0.4, 0.5) is 5.69 Å². The van der Waals surface area contributed by atoms with Gasteiger partial charge in [-0.15, -0.1) is 0 Å². The Hall–Kier alpha value is -1.60. The first-order valence-corrected chi connectivity index (χ1v) is 13.5. The Bertz CT molecular complexity index is 879. The molecule has 0 spiro atoms. The molecule has 0 bridgehead atoms. The zero-order chi connectivity index (χ0) is 22.0. The van der Waals surface area contributed by atoms with Crippen LogP contribution in [0.2, 0.25) is 0 Å². The van der Waals surface area contributed by atoms with Crippen LogP contribution in [-0.4, -0.2) is 50.9 Å². The Labute approximate surface area is 187 Å². The summed E-state index contributed by atoms with van der Waals surface area (Å²) in [4.78, 5) is 15.4. The third-order valence-electron chi connectivity index (χ3n) is 7.40. The van der Waals surface area contributed by atoms with Crippen LogP contribution in [0, 0.1) is 11.8 Å². The van der Waals surface area contributed by atoms with E-state index in [1.54, 1.807) is 16.4 Å². The molecule has 0 radical (unpaired) electrons. The van der Waals surface area contributed by atoms with E-state index in [2.05, 4.69) is 24.1 Å². The Kier molecular flexibility index (Phi) is 6.92. The maximum absolute atomic E-state index is 13.7. The van der Waals surface area contributed by atoms with E-state index in [-0.39, 0.29) is 11.9 Å². The highest BCUT2D eigenvalue weighted by Crippen LogP contribution is 2.34. The van der Waals surface area contributed by atoms with Crippen molar-refractivity contribution in [3.63, 3.8) is 0 Å². The number of nitrogens with zero attached hydrogens (tertiary/aromatic N) is 2. The average Bonchev–Trinajstić information content (AvgIpc) is 3.27. The lowest BCUT2D eigenvalue weighted by atomic mass is 9.98. The van der Waals surface area contributed by atoms with E-state index in [0.717, 1.165) is 70.1 Å². The van der Waals surface area contributed by atoms with Crippen LogP contribution in [0.3, 0.4) is 0 Å². The lowest BCUT2D eigenvalue weighted by Gasteiger charge is -2.35. The number of hydrogen-bond acceptors (Lipinski definition) is 4. The minimum atomic E-state index is -3.65. The van der Waals surface area contributed by atoms with E-state index in [4.69, 9.17) is 0 Å². The SMILES string of the molecule is CC1CCN(c2ccc(C(=O)NC3CCCC3)cc2S(=O)(=O)N2CCC(C)CC2)CC1. The first-order chi connectivity index (χ1) is 14.8. The molecule has 2 saturated heterocycles. The molecular weight excluding hydrogens is 410 g/mol. The average molecular weight is 448 g/mol. The topological polar surface area (TPSA) is 69.7 Å². The van der Waals surface area contributed by atoms with Gasteiger partial charge >= 0.3 is 0 Å². The van der Waals surface area contributed by atoms with Crippen LogP contribution >= 0.6 is 0 Å². The molecule has 0 atom stereocenters. The fraction of sp³-hybridized carbons (Fsp3) is 0.708. The van der Waals surface area contributed by atoms with Crippen LogP contribution in [0.15, 0.2) is 23.1 Å². The molecule has 3 fully saturated rings. The van der Waals surface area contributed by atoms with Gasteiger partial charge in [-0.3, -0.25) is 4.79 Å². The van der Waals surface area contributed by atoms with Gasteiger partial charge in [0.25, 0.3) is 5.91 Å². The van der Waals surface area contributed by atoms with E-state index in [9.17, 15) is 13.2 Å². The Morgan fingerprint density at radius 2 is 1.48 bits per heavy atom. The van der Waals surface area contributed by atoms with Crippen molar-refractivity contribution >= 4 is 21.6 Å². The van der Waals surface area contributed by atoms with Gasteiger partial charge in [-0.05, 0) is 68.6 Å². The molecule has 2 aliphatic heterocycles. The summed E-state index contributed by atoms with van der Waals surface area (Å²) < 4.78 is 29.0. The molecule has 4 rings (SSSR count). The second kappa shape index (κ2) is 9.49. The predicted molar refractivity (Wildman–Crippen MR) is 124 cm³/mol. The summed E-state index contributed by atoms with van der Waals surface area (Å²) in [5.41, 5.74) is 1.20. The third-order valence-corrected chi connectivity index (χ3v) is 9.32. The molecule has 1 aromatic carbocycles. The number of rotatable bonds is 5. The van der Waals surface area contributed by atoms with Crippen LogP contribution < -0.4 is 10.2 Å². The second-order valence-electron chi connectivity index (χ2n) is 9.89. The zero-order valence-corrected chi connectivity index (χ0v) is 19.8. The molecule has 0 aromatic heterocycles. The normalized spacial score (nSPS) is 22.7. The molecule has 172 valence electrons. The van der Waals surface area contributed by atoms with E-state index >= 15 is 0 Å². The Morgan fingerprint density at radius 1 is 0.903 bits per heavy atom. The molecule has 1 aliphatic carbocycles. The van der Waals surface area contributed by atoms with Gasteiger partial charge in [-0.1, -0.05) is 26.7 Å². The molecule has 0 unspecified atom stereocenters. The fourth-order valence-corrected chi connectivity index (χ4v) is 6.78. The molecule has 7 heteroatoms. The van der Waals surface area contributed by atoms with Crippen LogP contribution in [-0.2, 0) is 10.0 Å². The summed E-state index contributed by atoms with van der Waals surface area (Å²) in [5.74, 6) is 1.06. The van der Waals surface area contributed by atoms with Crippen molar-refractivity contribution in [1.29, 1.82) is 0 Å². The van der Waals surface area contributed by atoms with Gasteiger partial charge < -0.3 is 10.2 Å². The number of hydrogen-bond donors (Lipinski definition) is 1. The van der Waals surface area contributed by atoms with E-state index in [1.807, 2.05) is 6.07 Å². The Balaban J connectivity index is 1.65. The quantitative estimate of drug-likeness (QED) is 0.740. The van der Waals surface area contributed by atoms with Gasteiger partial charge in [-0.2, -0.15) is 4.31 Å². The molecule has 1 N–H and O–H groups in total. The summed E-state index contributed by atoms with van der Waals surface area (Å²) in [7, 11) is -3.65. The summed E-state index contributed by atoms with van der Waals surface area (Å²) in [6.07, 6.45) is 8.19. The van der Waals surface area contributed by atoms with Gasteiger partial charge in [0.1, 0.15) is 4.90 Å². The number of amides is 1. The van der Waals surface area contributed by atoms with Crippen molar-refractivity contribution in [2.75, 3.05) is 31.1 Å². The summed E-state index contributed by atoms with van der Waals surface area (Å²) >= 11 is 0. The van der Waals surface area contributed by atoms with Crippen LogP contribution in [0.5, 0.6) is 0 Å². The Morgan fingerprint density at radius 3 is 2.10 bits per heavy atom. The van der Waals surface area contributed by atoms with Crippen molar-refractivity contribution < 1.29 is 13.2 Å². The van der Waals surface area contributed by atoms with E-state index in [1.165, 1.54) is 0 Å². The maximum Gasteiger partial charge on any atom is 0.251 e. The van der Waals surface area contributed by atoms with Gasteiger partial charge in [0.05, 0.1) is 5.69 Å². The highest BCUT2D eigenvalue weighted by Gasteiger charge is 2.33. The molecule has 31 heavy (non-hydrogen) atoms. The molecule has 1 saturated carbocycles. The standard InChI is InChI=1S/C24H37N3O3S/c1-18-9-13-26(14-10-18)22-8-7-20(24(28)25-21-5-3-4-6-21)17-23(22)31(29,30)27-15-11-19(2)12-16-27/h7-8,17-19,21H,3-6,9-16H2,1-2H3,(H,25,28). The molecule has 1 amide bonds. The number of carbonyl (C=O) groups excluding carboxylic acids is 1. The monoisotopic (exact) mass is 447 g/mol. The van der Waals surface area contributed by atoms with Crippen molar-refractivity contribution in [1.82, 2.24) is 9.62 Å². The molecule has 6 nitrogen and oxygen atoms in total. The van der Waals surface area contributed by atoms with Crippen molar-refractivity contribution in [2.45, 2.75) is 76.2 Å². The van der Waals surface area contributed by atoms with E-state index < -0.39 is 10.0 Å². The zero-order valence-electron chi connectivity index (χ0n) is 19.0. The van der Waals surface area contributed by atoms with Crippen LogP contribution in [0.1, 0.15) is 75.6 Å². The van der Waals surface area contributed by atoms with Gasteiger partial charge in [-0.25, -0.2) is 8.42 Å². The summed E-state index contributed by atoms with van der Waals surface area (Å²) in [5, 5.41) is 3.10. The molecule has 2 heterocycles. The lowest BCUT2D eigenvalue weighted by Crippen LogP contribution is -2.40. The largest absolute Gasteiger partial charge is 0.370 e. The lowest BCUT2D eigenvalue weighted by molar-refractivity contribution is 0.0937. The smallest absolute Gasteiger partial charge is 0.251 e. The van der Waals surface area contributed by atoms with Crippen molar-refractivity contribution in [3.05, 3.63) is 23.8 Å². The number of sulfonamides is 1. The van der Waals surface area contributed by atoms with E-state index in [0.29, 0.717) is 35.4 Å². The third kappa shape index (κ3) is 5.08. The van der Waals surface area contributed by atoms with Crippen LogP contribution in [0.25, 0.3) is 0 Å². The summed E-state index contributed by atoms with van der Waals surface area (Å²) in [6, 6.07) is 5.50. The fourth-order valence-electron chi connectivity index (χ4n) is 5.08. The minimum Gasteiger partial charge on any atom is -0.370 e. The molecule has 3 aliphatic rings. The number of piperidine rings is 2. The number of benzene rings is 1. The van der Waals surface area contributed by atoms with Gasteiger partial charge in [0, 0.05) is 37.8 Å². The van der Waals surface area contributed by atoms with Gasteiger partial charge in [0.2, 0.25) is 10.0 Å². The summed E-state index contributed by atoms with van der Waals surface area (Å²) in [6.45, 7) is 7.25. The maximum atomic E-state index is 13.7. The first-order valence-electron chi connectivity index (χ1n) is 12.0. The highest BCUT2D eigenvalue weighted by atomic mass is 32.2. The molecule has 1 aromatic rings. The van der Waals surface area contributed by atoms with Gasteiger partial charge in [0.15, 0.2) is 0 Å². The minimum absolute atomic E-state index is 0.158. The predicted octanol–water partition coefficient (Wildman–Crippen LogP) is 4.02. The van der Waals surface area contributed by atoms with Crippen molar-refractivity contribution in [3.8, 4) is 0 Å². The molecular formula is C24H37N3O3S. The number of carbonyl (C=O) groups is 1. The number of nitrogens with one attached hydrogen (secondary N) is 1. The van der Waals surface area contributed by atoms with Crippen molar-refractivity contribution in [2.24, 2.45) is 11.8 Å².